The van der Waals surface area contributed by atoms with E-state index in [1.54, 1.807) is 0 Å². The molecular weight excluding hydrogens is 390 g/mol. The highest BCUT2D eigenvalue weighted by molar-refractivity contribution is 9.10. The number of hydrogen-bond acceptors (Lipinski definition) is 3. The zero-order chi connectivity index (χ0) is 14.8. The number of nitrogens with one attached hydrogen (secondary N) is 2. The van der Waals surface area contributed by atoms with E-state index in [1.165, 1.54) is 0 Å². The van der Waals surface area contributed by atoms with Crippen molar-refractivity contribution in [3.8, 4) is 0 Å². The van der Waals surface area contributed by atoms with Gasteiger partial charge in [0.1, 0.15) is 16.5 Å². The molecule has 0 radical (unpaired) electrons. The highest BCUT2D eigenvalue weighted by Crippen LogP contribution is 2.23. The van der Waals surface area contributed by atoms with Gasteiger partial charge in [-0.1, -0.05) is 0 Å². The molecular formula is C12H16BrClF2N2O2S. The zero-order valence-corrected chi connectivity index (χ0v) is 14.3. The third-order valence-corrected chi connectivity index (χ3v) is 5.27. The summed E-state index contributed by atoms with van der Waals surface area (Å²) in [6.45, 7) is 1.91. The molecule has 0 unspecified atom stereocenters. The van der Waals surface area contributed by atoms with E-state index >= 15 is 0 Å². The van der Waals surface area contributed by atoms with E-state index in [2.05, 4.69) is 26.0 Å². The predicted molar refractivity (Wildman–Crippen MR) is 82.1 cm³/mol. The average molecular weight is 406 g/mol. The molecule has 1 saturated heterocycles. The standard InChI is InChI=1S/C12H15BrF2N2O2S.ClH/c13-9-4-12(11(15)5-10(9)14)20(18,19)17-7-8-2-1-3-16-6-8;/h4-5,8,16-17H,1-3,6-7H2;1H/t8-;/m1./s1. The lowest BCUT2D eigenvalue weighted by Crippen LogP contribution is -2.38. The van der Waals surface area contributed by atoms with Crippen LogP contribution in [-0.4, -0.2) is 28.1 Å². The van der Waals surface area contributed by atoms with Crippen LogP contribution < -0.4 is 10.0 Å². The lowest BCUT2D eigenvalue weighted by Gasteiger charge is -2.22. The molecule has 120 valence electrons. The largest absolute Gasteiger partial charge is 0.316 e. The Kier molecular flexibility index (Phi) is 6.99. The predicted octanol–water partition coefficient (Wildman–Crippen LogP) is 2.43. The lowest BCUT2D eigenvalue weighted by atomic mass is 10.0. The molecule has 9 heteroatoms. The van der Waals surface area contributed by atoms with Gasteiger partial charge in [0.05, 0.1) is 4.47 Å². The molecule has 0 saturated carbocycles. The summed E-state index contributed by atoms with van der Waals surface area (Å²) in [7, 11) is -3.98. The topological polar surface area (TPSA) is 58.2 Å². The normalized spacial score (nSPS) is 19.1. The quantitative estimate of drug-likeness (QED) is 0.757. The van der Waals surface area contributed by atoms with Crippen LogP contribution in [0, 0.1) is 17.6 Å². The van der Waals surface area contributed by atoms with Gasteiger partial charge in [0.2, 0.25) is 10.0 Å². The molecule has 1 aromatic rings. The minimum atomic E-state index is -3.98. The van der Waals surface area contributed by atoms with E-state index in [4.69, 9.17) is 0 Å². The SMILES string of the molecule is Cl.O=S(=O)(NC[C@@H]1CCCNC1)c1cc(Br)c(F)cc1F. The van der Waals surface area contributed by atoms with Crippen LogP contribution in [0.25, 0.3) is 0 Å². The van der Waals surface area contributed by atoms with Crippen molar-refractivity contribution >= 4 is 38.4 Å². The number of hydrogen-bond donors (Lipinski definition) is 2. The minimum absolute atomic E-state index is 0. The smallest absolute Gasteiger partial charge is 0.243 e. The van der Waals surface area contributed by atoms with E-state index in [9.17, 15) is 17.2 Å². The molecule has 1 heterocycles. The number of sulfonamides is 1. The van der Waals surface area contributed by atoms with E-state index in [0.29, 0.717) is 6.07 Å². The van der Waals surface area contributed by atoms with Gasteiger partial charge in [0, 0.05) is 12.6 Å². The van der Waals surface area contributed by atoms with Gasteiger partial charge >= 0.3 is 0 Å². The highest BCUT2D eigenvalue weighted by atomic mass is 79.9. The molecule has 0 spiro atoms. The van der Waals surface area contributed by atoms with Crippen LogP contribution in [0.5, 0.6) is 0 Å². The van der Waals surface area contributed by atoms with Crippen molar-refractivity contribution in [2.45, 2.75) is 17.7 Å². The number of piperidine rings is 1. The molecule has 0 amide bonds. The third kappa shape index (κ3) is 4.85. The fraction of sp³-hybridized carbons (Fsp3) is 0.500. The molecule has 1 aliphatic rings. The molecule has 1 fully saturated rings. The average Bonchev–Trinajstić information content (AvgIpc) is 2.42. The van der Waals surface area contributed by atoms with Gasteiger partial charge in [-0.05, 0) is 53.8 Å². The number of rotatable bonds is 4. The van der Waals surface area contributed by atoms with E-state index in [-0.39, 0.29) is 29.3 Å². The van der Waals surface area contributed by atoms with Crippen LogP contribution in [-0.2, 0) is 10.0 Å². The Morgan fingerprint density at radius 3 is 2.67 bits per heavy atom. The van der Waals surface area contributed by atoms with Crippen LogP contribution in [0.4, 0.5) is 8.78 Å². The molecule has 0 aromatic heterocycles. The molecule has 1 atom stereocenters. The van der Waals surface area contributed by atoms with Gasteiger partial charge in [-0.3, -0.25) is 0 Å². The minimum Gasteiger partial charge on any atom is -0.316 e. The summed E-state index contributed by atoms with van der Waals surface area (Å²) >= 11 is 2.86. The summed E-state index contributed by atoms with van der Waals surface area (Å²) in [6, 6.07) is 1.49. The van der Waals surface area contributed by atoms with Crippen LogP contribution in [0.3, 0.4) is 0 Å². The van der Waals surface area contributed by atoms with Crippen molar-refractivity contribution in [2.75, 3.05) is 19.6 Å². The first kappa shape index (κ1) is 18.8. The van der Waals surface area contributed by atoms with E-state index in [0.717, 1.165) is 32.0 Å². The Balaban J connectivity index is 0.00000220. The van der Waals surface area contributed by atoms with Crippen molar-refractivity contribution in [3.63, 3.8) is 0 Å². The second kappa shape index (κ2) is 7.82. The molecule has 2 N–H and O–H groups in total. The molecule has 4 nitrogen and oxygen atoms in total. The van der Waals surface area contributed by atoms with Gasteiger partial charge in [0.15, 0.2) is 0 Å². The zero-order valence-electron chi connectivity index (χ0n) is 11.0. The van der Waals surface area contributed by atoms with Crippen molar-refractivity contribution < 1.29 is 17.2 Å². The first-order valence-corrected chi connectivity index (χ1v) is 8.52. The lowest BCUT2D eigenvalue weighted by molar-refractivity contribution is 0.375. The summed E-state index contributed by atoms with van der Waals surface area (Å²) in [6.07, 6.45) is 1.91. The van der Waals surface area contributed by atoms with Crippen molar-refractivity contribution in [2.24, 2.45) is 5.92 Å². The Morgan fingerprint density at radius 1 is 1.33 bits per heavy atom. The van der Waals surface area contributed by atoms with Crippen LogP contribution in [0.2, 0.25) is 0 Å². The highest BCUT2D eigenvalue weighted by Gasteiger charge is 2.23. The van der Waals surface area contributed by atoms with Gasteiger partial charge in [-0.25, -0.2) is 21.9 Å². The van der Waals surface area contributed by atoms with Gasteiger partial charge < -0.3 is 5.32 Å². The molecule has 2 rings (SSSR count). The monoisotopic (exact) mass is 404 g/mol. The maximum absolute atomic E-state index is 13.6. The summed E-state index contributed by atoms with van der Waals surface area (Å²) in [5.74, 6) is -1.75. The van der Waals surface area contributed by atoms with Crippen molar-refractivity contribution in [1.29, 1.82) is 0 Å². The van der Waals surface area contributed by atoms with Crippen LogP contribution >= 0.6 is 28.3 Å². The van der Waals surface area contributed by atoms with Crippen molar-refractivity contribution in [3.05, 3.63) is 28.2 Å². The summed E-state index contributed by atoms with van der Waals surface area (Å²) in [5, 5.41) is 3.17. The van der Waals surface area contributed by atoms with E-state index in [1.807, 2.05) is 0 Å². The summed E-state index contributed by atoms with van der Waals surface area (Å²) in [5.41, 5.74) is 0. The molecule has 0 aliphatic carbocycles. The Bertz CT molecular complexity index is 595. The second-order valence-corrected chi connectivity index (χ2v) is 7.35. The number of halogens is 4. The first-order valence-electron chi connectivity index (χ1n) is 6.25. The van der Waals surface area contributed by atoms with Crippen molar-refractivity contribution in [1.82, 2.24) is 10.0 Å². The Labute approximate surface area is 137 Å². The fourth-order valence-corrected chi connectivity index (χ4v) is 3.81. The van der Waals surface area contributed by atoms with Gasteiger partial charge in [-0.2, -0.15) is 0 Å². The summed E-state index contributed by atoms with van der Waals surface area (Å²) < 4.78 is 53.1. The molecule has 21 heavy (non-hydrogen) atoms. The van der Waals surface area contributed by atoms with Crippen LogP contribution in [0.15, 0.2) is 21.5 Å². The Morgan fingerprint density at radius 2 is 2.05 bits per heavy atom. The molecule has 1 aromatic carbocycles. The second-order valence-electron chi connectivity index (χ2n) is 4.76. The Hall–Kier alpha value is -0.280. The fourth-order valence-electron chi connectivity index (χ4n) is 2.11. The molecule has 1 aliphatic heterocycles. The number of benzene rings is 1. The summed E-state index contributed by atoms with van der Waals surface area (Å²) in [4.78, 5) is -0.547. The third-order valence-electron chi connectivity index (χ3n) is 3.23. The van der Waals surface area contributed by atoms with Gasteiger partial charge in [0.25, 0.3) is 0 Å². The molecule has 0 bridgehead atoms. The maximum Gasteiger partial charge on any atom is 0.243 e. The van der Waals surface area contributed by atoms with Crippen LogP contribution in [0.1, 0.15) is 12.8 Å². The van der Waals surface area contributed by atoms with Gasteiger partial charge in [-0.15, -0.1) is 12.4 Å². The maximum atomic E-state index is 13.6. The van der Waals surface area contributed by atoms with E-state index < -0.39 is 26.6 Å². The first-order chi connectivity index (χ1) is 9.40.